The minimum atomic E-state index is 0.628. The molecule has 1 unspecified atom stereocenters. The highest BCUT2D eigenvalue weighted by Gasteiger charge is 2.18. The van der Waals surface area contributed by atoms with Gasteiger partial charge in [0.1, 0.15) is 5.75 Å². The number of ether oxygens (including phenoxy) is 1. The number of anilines is 1. The standard InChI is InChI=1S/C13H18N2OS/c1-4-11-8-14-13(17-11)15-12-7-10(16-3)6-5-9(12)2/h5-7,11H,4,8H2,1-3H3,(H,14,15). The van der Waals surface area contributed by atoms with E-state index in [9.17, 15) is 0 Å². The summed E-state index contributed by atoms with van der Waals surface area (Å²) in [6.45, 7) is 5.21. The van der Waals surface area contributed by atoms with E-state index < -0.39 is 0 Å². The summed E-state index contributed by atoms with van der Waals surface area (Å²) in [6, 6.07) is 6.04. The van der Waals surface area contributed by atoms with E-state index >= 15 is 0 Å². The molecule has 0 fully saturated rings. The van der Waals surface area contributed by atoms with Gasteiger partial charge in [0.2, 0.25) is 0 Å². The second kappa shape index (κ2) is 5.45. The largest absolute Gasteiger partial charge is 0.497 e. The Kier molecular flexibility index (Phi) is 3.94. The fraction of sp³-hybridized carbons (Fsp3) is 0.462. The van der Waals surface area contributed by atoms with Crippen molar-refractivity contribution in [1.82, 2.24) is 0 Å². The molecule has 3 nitrogen and oxygen atoms in total. The first kappa shape index (κ1) is 12.3. The molecule has 0 radical (unpaired) electrons. The van der Waals surface area contributed by atoms with Crippen LogP contribution in [-0.2, 0) is 0 Å². The Bertz CT molecular complexity index is 431. The molecule has 0 aliphatic carbocycles. The van der Waals surface area contributed by atoms with E-state index in [0.29, 0.717) is 5.25 Å². The predicted octanol–water partition coefficient (Wildman–Crippen LogP) is 3.30. The molecule has 1 atom stereocenters. The second-order valence-electron chi connectivity index (χ2n) is 4.10. The SMILES string of the molecule is CCC1CN=C(Nc2cc(OC)ccc2C)S1. The van der Waals surface area contributed by atoms with Gasteiger partial charge in [-0.05, 0) is 25.0 Å². The van der Waals surface area contributed by atoms with Crippen LogP contribution in [0, 0.1) is 6.92 Å². The van der Waals surface area contributed by atoms with Crippen LogP contribution in [-0.4, -0.2) is 24.1 Å². The van der Waals surface area contributed by atoms with Crippen LogP contribution in [0.5, 0.6) is 5.75 Å². The summed E-state index contributed by atoms with van der Waals surface area (Å²) in [5, 5.41) is 5.03. The number of amidine groups is 1. The summed E-state index contributed by atoms with van der Waals surface area (Å²) in [5.74, 6) is 0.869. The van der Waals surface area contributed by atoms with Gasteiger partial charge in [-0.25, -0.2) is 0 Å². The highest BCUT2D eigenvalue weighted by molar-refractivity contribution is 8.15. The average molecular weight is 250 g/mol. The van der Waals surface area contributed by atoms with Gasteiger partial charge in [0, 0.05) is 17.0 Å². The molecular weight excluding hydrogens is 232 g/mol. The van der Waals surface area contributed by atoms with E-state index in [4.69, 9.17) is 4.74 Å². The fourth-order valence-corrected chi connectivity index (χ4v) is 2.63. The van der Waals surface area contributed by atoms with Gasteiger partial charge < -0.3 is 10.1 Å². The van der Waals surface area contributed by atoms with Crippen LogP contribution in [0.25, 0.3) is 0 Å². The molecule has 1 aliphatic heterocycles. The smallest absolute Gasteiger partial charge is 0.161 e. The molecule has 1 N–H and O–H groups in total. The van der Waals surface area contributed by atoms with Gasteiger partial charge in [0.25, 0.3) is 0 Å². The van der Waals surface area contributed by atoms with Gasteiger partial charge in [-0.2, -0.15) is 0 Å². The zero-order chi connectivity index (χ0) is 12.3. The first-order valence-electron chi connectivity index (χ1n) is 5.85. The maximum Gasteiger partial charge on any atom is 0.161 e. The van der Waals surface area contributed by atoms with Gasteiger partial charge in [-0.3, -0.25) is 4.99 Å². The summed E-state index contributed by atoms with van der Waals surface area (Å²) in [5.41, 5.74) is 2.28. The van der Waals surface area contributed by atoms with Crippen LogP contribution >= 0.6 is 11.8 Å². The Morgan fingerprint density at radius 3 is 3.00 bits per heavy atom. The number of nitrogens with one attached hydrogen (secondary N) is 1. The zero-order valence-electron chi connectivity index (χ0n) is 10.5. The molecule has 17 heavy (non-hydrogen) atoms. The van der Waals surface area contributed by atoms with E-state index in [2.05, 4.69) is 30.2 Å². The number of nitrogens with zero attached hydrogens (tertiary/aromatic N) is 1. The Morgan fingerprint density at radius 2 is 2.35 bits per heavy atom. The lowest BCUT2D eigenvalue weighted by Gasteiger charge is -2.11. The number of thioether (sulfide) groups is 1. The lowest BCUT2D eigenvalue weighted by molar-refractivity contribution is 0.415. The minimum Gasteiger partial charge on any atom is -0.497 e. The summed E-state index contributed by atoms with van der Waals surface area (Å²) < 4.78 is 5.23. The van der Waals surface area contributed by atoms with Crippen molar-refractivity contribution in [2.75, 3.05) is 19.0 Å². The summed E-state index contributed by atoms with van der Waals surface area (Å²) in [6.07, 6.45) is 1.16. The molecule has 0 saturated carbocycles. The quantitative estimate of drug-likeness (QED) is 0.893. The third-order valence-corrected chi connectivity index (χ3v) is 4.13. The molecule has 1 aromatic rings. The third-order valence-electron chi connectivity index (χ3n) is 2.86. The molecule has 4 heteroatoms. The molecule has 0 saturated heterocycles. The van der Waals surface area contributed by atoms with Crippen LogP contribution in [0.1, 0.15) is 18.9 Å². The van der Waals surface area contributed by atoms with Crippen molar-refractivity contribution >= 4 is 22.6 Å². The molecule has 1 heterocycles. The van der Waals surface area contributed by atoms with Crippen LogP contribution in [0.2, 0.25) is 0 Å². The predicted molar refractivity (Wildman–Crippen MR) is 75.3 cm³/mol. The van der Waals surface area contributed by atoms with E-state index in [0.717, 1.165) is 29.6 Å². The summed E-state index contributed by atoms with van der Waals surface area (Å²) in [4.78, 5) is 4.51. The van der Waals surface area contributed by atoms with Crippen molar-refractivity contribution < 1.29 is 4.74 Å². The summed E-state index contributed by atoms with van der Waals surface area (Å²) >= 11 is 1.83. The van der Waals surface area contributed by atoms with Crippen molar-refractivity contribution in [3.63, 3.8) is 0 Å². The molecule has 0 bridgehead atoms. The minimum absolute atomic E-state index is 0.628. The number of benzene rings is 1. The molecule has 2 rings (SSSR count). The molecule has 0 spiro atoms. The molecule has 1 aliphatic rings. The monoisotopic (exact) mass is 250 g/mol. The van der Waals surface area contributed by atoms with Gasteiger partial charge in [-0.1, -0.05) is 24.8 Å². The van der Waals surface area contributed by atoms with Crippen LogP contribution in [0.3, 0.4) is 0 Å². The average Bonchev–Trinajstić information content (AvgIpc) is 2.80. The maximum absolute atomic E-state index is 5.23. The van der Waals surface area contributed by atoms with Gasteiger partial charge in [0.15, 0.2) is 5.17 Å². The lowest BCUT2D eigenvalue weighted by Crippen LogP contribution is -2.08. The molecular formula is C13H18N2OS. The molecule has 92 valence electrons. The number of rotatable bonds is 3. The lowest BCUT2D eigenvalue weighted by atomic mass is 10.2. The zero-order valence-corrected chi connectivity index (χ0v) is 11.3. The maximum atomic E-state index is 5.23. The van der Waals surface area contributed by atoms with E-state index in [1.807, 2.05) is 23.9 Å². The van der Waals surface area contributed by atoms with Crippen LogP contribution in [0.4, 0.5) is 5.69 Å². The topological polar surface area (TPSA) is 33.6 Å². The number of methoxy groups -OCH3 is 1. The van der Waals surface area contributed by atoms with Gasteiger partial charge >= 0.3 is 0 Å². The molecule has 0 amide bonds. The van der Waals surface area contributed by atoms with Crippen molar-refractivity contribution in [3.05, 3.63) is 23.8 Å². The second-order valence-corrected chi connectivity index (χ2v) is 5.39. The first-order valence-corrected chi connectivity index (χ1v) is 6.73. The molecule has 0 aromatic heterocycles. The van der Waals surface area contributed by atoms with Gasteiger partial charge in [-0.15, -0.1) is 0 Å². The van der Waals surface area contributed by atoms with Crippen LogP contribution in [0.15, 0.2) is 23.2 Å². The van der Waals surface area contributed by atoms with Crippen molar-refractivity contribution in [1.29, 1.82) is 0 Å². The number of aliphatic imine (C=N–C) groups is 1. The number of hydrogen-bond acceptors (Lipinski definition) is 4. The highest BCUT2D eigenvalue weighted by atomic mass is 32.2. The third kappa shape index (κ3) is 2.94. The van der Waals surface area contributed by atoms with E-state index in [1.165, 1.54) is 5.56 Å². The first-order chi connectivity index (χ1) is 8.22. The Balaban J connectivity index is 2.08. The normalized spacial score (nSPS) is 19.0. The molecule has 1 aromatic carbocycles. The highest BCUT2D eigenvalue weighted by Crippen LogP contribution is 2.27. The van der Waals surface area contributed by atoms with E-state index in [-0.39, 0.29) is 0 Å². The van der Waals surface area contributed by atoms with E-state index in [1.54, 1.807) is 7.11 Å². The number of aryl methyl sites for hydroxylation is 1. The van der Waals surface area contributed by atoms with Gasteiger partial charge in [0.05, 0.1) is 13.7 Å². The number of hydrogen-bond donors (Lipinski definition) is 1. The van der Waals surface area contributed by atoms with Crippen molar-refractivity contribution in [2.45, 2.75) is 25.5 Å². The fourth-order valence-electron chi connectivity index (χ4n) is 1.68. The Morgan fingerprint density at radius 1 is 1.53 bits per heavy atom. The van der Waals surface area contributed by atoms with Crippen molar-refractivity contribution in [3.8, 4) is 5.75 Å². The van der Waals surface area contributed by atoms with Crippen molar-refractivity contribution in [2.24, 2.45) is 4.99 Å². The van der Waals surface area contributed by atoms with Crippen LogP contribution < -0.4 is 10.1 Å². The Labute approximate surface area is 107 Å². The Hall–Kier alpha value is -1.16. The summed E-state index contributed by atoms with van der Waals surface area (Å²) in [7, 11) is 1.68.